The van der Waals surface area contributed by atoms with E-state index in [9.17, 15) is 9.18 Å². The van der Waals surface area contributed by atoms with E-state index in [-0.39, 0.29) is 18.1 Å². The third-order valence-corrected chi connectivity index (χ3v) is 1.81. The Morgan fingerprint density at radius 3 is 2.71 bits per heavy atom. The van der Waals surface area contributed by atoms with Gasteiger partial charge in [-0.2, -0.15) is 0 Å². The number of hydrogen-bond donors (Lipinski definition) is 0. The van der Waals surface area contributed by atoms with Crippen molar-refractivity contribution in [1.82, 2.24) is 0 Å². The molecule has 0 heterocycles. The second kappa shape index (κ2) is 6.30. The van der Waals surface area contributed by atoms with Crippen molar-refractivity contribution >= 4 is 12.0 Å². The third-order valence-electron chi connectivity index (χ3n) is 1.81. The van der Waals surface area contributed by atoms with E-state index >= 15 is 0 Å². The molecule has 5 nitrogen and oxygen atoms in total. The van der Waals surface area contributed by atoms with Gasteiger partial charge in [0.15, 0.2) is 0 Å². The minimum absolute atomic E-state index is 0.166. The highest BCUT2D eigenvalue weighted by molar-refractivity contribution is 5.93. The molecule has 17 heavy (non-hydrogen) atoms. The largest absolute Gasteiger partial charge is 0.462 e. The van der Waals surface area contributed by atoms with Crippen molar-refractivity contribution in [2.24, 2.45) is 5.11 Å². The maximum atomic E-state index is 12.7. The van der Waals surface area contributed by atoms with E-state index in [1.165, 1.54) is 30.3 Å². The highest BCUT2D eigenvalue weighted by Gasteiger charge is 2.08. The number of halogens is 1. The van der Waals surface area contributed by atoms with Crippen LogP contribution >= 0.6 is 0 Å². The molecule has 0 spiro atoms. The van der Waals surface area contributed by atoms with Crippen LogP contribution in [0.3, 0.4) is 0 Å². The summed E-state index contributed by atoms with van der Waals surface area (Å²) in [5.41, 5.74) is 8.70. The fourth-order valence-electron chi connectivity index (χ4n) is 1.10. The summed E-state index contributed by atoms with van der Waals surface area (Å²) >= 11 is 0. The Morgan fingerprint density at radius 2 is 2.18 bits per heavy atom. The monoisotopic (exact) mass is 235 g/mol. The Bertz CT molecular complexity index is 476. The molecule has 0 N–H and O–H groups in total. The predicted molar refractivity (Wildman–Crippen MR) is 60.2 cm³/mol. The number of esters is 1. The zero-order chi connectivity index (χ0) is 12.7. The van der Waals surface area contributed by atoms with Crippen LogP contribution < -0.4 is 0 Å². The minimum Gasteiger partial charge on any atom is -0.462 e. The SMILES string of the molecule is CCOC(=O)C(=Cc1ccc(F)cc1)N=[N+]=[N-]. The lowest BCUT2D eigenvalue weighted by molar-refractivity contribution is -0.138. The van der Waals surface area contributed by atoms with Gasteiger partial charge in [0.1, 0.15) is 11.5 Å². The van der Waals surface area contributed by atoms with Gasteiger partial charge in [-0.15, -0.1) is 0 Å². The summed E-state index contributed by atoms with van der Waals surface area (Å²) in [7, 11) is 0. The number of ether oxygens (including phenoxy) is 1. The maximum absolute atomic E-state index is 12.7. The fourth-order valence-corrected chi connectivity index (χ4v) is 1.10. The Hall–Kier alpha value is -2.33. The van der Waals surface area contributed by atoms with Crippen LogP contribution in [0.15, 0.2) is 35.1 Å². The maximum Gasteiger partial charge on any atom is 0.340 e. The topological polar surface area (TPSA) is 75.1 Å². The second-order valence-corrected chi connectivity index (χ2v) is 2.99. The molecule has 1 aromatic carbocycles. The third kappa shape index (κ3) is 3.96. The van der Waals surface area contributed by atoms with E-state index in [0.29, 0.717) is 5.56 Å². The highest BCUT2D eigenvalue weighted by Crippen LogP contribution is 2.11. The fraction of sp³-hybridized carbons (Fsp3) is 0.182. The highest BCUT2D eigenvalue weighted by atomic mass is 19.1. The normalized spacial score (nSPS) is 10.6. The number of hydrogen-bond acceptors (Lipinski definition) is 3. The van der Waals surface area contributed by atoms with Crippen LogP contribution in [0.4, 0.5) is 4.39 Å². The quantitative estimate of drug-likeness (QED) is 0.264. The van der Waals surface area contributed by atoms with Gasteiger partial charge in [0, 0.05) is 4.91 Å². The Morgan fingerprint density at radius 1 is 1.53 bits per heavy atom. The van der Waals surface area contributed by atoms with E-state index in [1.807, 2.05) is 0 Å². The lowest BCUT2D eigenvalue weighted by atomic mass is 10.2. The summed E-state index contributed by atoms with van der Waals surface area (Å²) in [5.74, 6) is -1.10. The Balaban J connectivity index is 3.01. The lowest BCUT2D eigenvalue weighted by Gasteiger charge is -2.01. The van der Waals surface area contributed by atoms with E-state index in [4.69, 9.17) is 10.3 Å². The van der Waals surface area contributed by atoms with Crippen LogP contribution in [0.25, 0.3) is 16.5 Å². The molecule has 0 atom stereocenters. The molecule has 0 aromatic heterocycles. The average Bonchev–Trinajstić information content (AvgIpc) is 2.31. The molecule has 0 aliphatic carbocycles. The number of benzene rings is 1. The van der Waals surface area contributed by atoms with E-state index < -0.39 is 5.97 Å². The molecule has 1 rings (SSSR count). The summed E-state index contributed by atoms with van der Waals surface area (Å²) < 4.78 is 17.4. The van der Waals surface area contributed by atoms with Gasteiger partial charge in [0.2, 0.25) is 0 Å². The smallest absolute Gasteiger partial charge is 0.340 e. The molecule has 0 unspecified atom stereocenters. The van der Waals surface area contributed by atoms with E-state index in [0.717, 1.165) is 0 Å². The Kier molecular flexibility index (Phi) is 4.72. The van der Waals surface area contributed by atoms with Gasteiger partial charge in [-0.05, 0) is 36.2 Å². The van der Waals surface area contributed by atoms with Gasteiger partial charge in [-0.1, -0.05) is 17.2 Å². The molecule has 0 aliphatic rings. The van der Waals surface area contributed by atoms with Crippen LogP contribution in [0.5, 0.6) is 0 Å². The Labute approximate surface area is 97.1 Å². The van der Waals surface area contributed by atoms with Crippen molar-refractivity contribution in [3.8, 4) is 0 Å². The average molecular weight is 235 g/mol. The molecule has 0 fully saturated rings. The molecule has 88 valence electrons. The van der Waals surface area contributed by atoms with Crippen molar-refractivity contribution in [2.45, 2.75) is 6.92 Å². The van der Waals surface area contributed by atoms with Crippen molar-refractivity contribution in [3.05, 3.63) is 51.8 Å². The van der Waals surface area contributed by atoms with Crippen LogP contribution in [-0.2, 0) is 9.53 Å². The minimum atomic E-state index is -0.713. The zero-order valence-corrected chi connectivity index (χ0v) is 9.13. The van der Waals surface area contributed by atoms with Crippen molar-refractivity contribution in [3.63, 3.8) is 0 Å². The first-order chi connectivity index (χ1) is 8.17. The van der Waals surface area contributed by atoms with Crippen LogP contribution in [-0.4, -0.2) is 12.6 Å². The first kappa shape index (κ1) is 12.7. The number of carbonyl (C=O) groups excluding carboxylic acids is 1. The van der Waals surface area contributed by atoms with Crippen LogP contribution in [0, 0.1) is 5.82 Å². The summed E-state index contributed by atoms with van der Waals surface area (Å²) in [6, 6.07) is 5.40. The number of azide groups is 1. The summed E-state index contributed by atoms with van der Waals surface area (Å²) in [6.07, 6.45) is 1.33. The van der Waals surface area contributed by atoms with Crippen LogP contribution in [0.2, 0.25) is 0 Å². The summed E-state index contributed by atoms with van der Waals surface area (Å²) in [5, 5.41) is 3.23. The second-order valence-electron chi connectivity index (χ2n) is 2.99. The molecule has 0 radical (unpaired) electrons. The molecule has 0 bridgehead atoms. The van der Waals surface area contributed by atoms with Gasteiger partial charge in [0.25, 0.3) is 0 Å². The molecule has 0 amide bonds. The zero-order valence-electron chi connectivity index (χ0n) is 9.13. The number of nitrogens with zero attached hydrogens (tertiary/aromatic N) is 3. The van der Waals surface area contributed by atoms with Crippen LogP contribution in [0.1, 0.15) is 12.5 Å². The van der Waals surface area contributed by atoms with Crippen molar-refractivity contribution in [2.75, 3.05) is 6.61 Å². The first-order valence-corrected chi connectivity index (χ1v) is 4.87. The molecule has 0 saturated heterocycles. The van der Waals surface area contributed by atoms with Gasteiger partial charge >= 0.3 is 5.97 Å². The summed E-state index contributed by atoms with van der Waals surface area (Å²) in [6.45, 7) is 1.82. The van der Waals surface area contributed by atoms with Gasteiger partial charge in [-0.25, -0.2) is 9.18 Å². The molecule has 0 aliphatic heterocycles. The van der Waals surface area contributed by atoms with Gasteiger partial charge in [-0.3, -0.25) is 0 Å². The first-order valence-electron chi connectivity index (χ1n) is 4.87. The van der Waals surface area contributed by atoms with E-state index in [2.05, 4.69) is 10.0 Å². The van der Waals surface area contributed by atoms with Gasteiger partial charge < -0.3 is 4.74 Å². The predicted octanol–water partition coefficient (Wildman–Crippen LogP) is 3.04. The molecular formula is C11H10FN3O2. The van der Waals surface area contributed by atoms with Crippen molar-refractivity contribution < 1.29 is 13.9 Å². The van der Waals surface area contributed by atoms with E-state index in [1.54, 1.807) is 6.92 Å². The lowest BCUT2D eigenvalue weighted by Crippen LogP contribution is -2.05. The van der Waals surface area contributed by atoms with Crippen molar-refractivity contribution in [1.29, 1.82) is 0 Å². The summed E-state index contributed by atoms with van der Waals surface area (Å²) in [4.78, 5) is 13.9. The molecule has 1 aromatic rings. The number of carbonyl (C=O) groups is 1. The molecular weight excluding hydrogens is 225 g/mol. The standard InChI is InChI=1S/C11H10FN3O2/c1-2-17-11(16)10(14-15-13)7-8-3-5-9(12)6-4-8/h3-7H,2H2,1H3. The molecule has 6 heteroatoms. The van der Waals surface area contributed by atoms with Gasteiger partial charge in [0.05, 0.1) is 6.61 Å². The number of rotatable bonds is 4. The molecule has 0 saturated carbocycles.